The van der Waals surface area contributed by atoms with E-state index in [1.807, 2.05) is 60.8 Å². The number of benzene rings is 3. The number of nitrogens with one attached hydrogen (secondary N) is 1. The maximum atomic E-state index is 10.6. The van der Waals surface area contributed by atoms with Crippen molar-refractivity contribution in [3.8, 4) is 17.0 Å². The second-order valence-electron chi connectivity index (χ2n) is 11.5. The maximum Gasteiger partial charge on any atom is 0.490 e. The molecule has 0 unspecified atom stereocenters. The van der Waals surface area contributed by atoms with Crippen LogP contribution in [-0.2, 0) is 11.3 Å². The molecule has 4 aromatic rings. The van der Waals surface area contributed by atoms with E-state index in [1.165, 1.54) is 24.8 Å². The SMILES string of the molecule is C[C@@H]1CCC[C@H](C)N1Cc1ccc(/C=C/C2=c3ccc(=Cc4c(-c5ccccc5)c[nH]c4O)cc3N=N2)cc1.O=C(O)C(F)(F)F. The van der Waals surface area contributed by atoms with Crippen molar-refractivity contribution in [2.75, 3.05) is 0 Å². The third kappa shape index (κ3) is 7.81. The number of aromatic amines is 1. The fraction of sp³-hybridized carbons (Fsp3) is 0.250. The first-order valence-electron chi connectivity index (χ1n) is 15.1. The molecule has 1 aromatic heterocycles. The van der Waals surface area contributed by atoms with Crippen LogP contribution in [0.25, 0.3) is 29.0 Å². The standard InChI is InChI=1S/C34H34N4O.C2HF3O2/c1-23-7-6-8-24(2)38(23)22-26-13-11-25(12-14-26)16-18-32-29-17-15-27(20-33(29)37-36-32)19-30-31(21-35-34(30)39)28-9-4-3-5-10-28;3-2(4,5)1(6)7/h3-5,9-21,23-24,35,39H,6-8,22H2,1-2H3;(H,6,7)/b18-16+,27-19?;/t23-,24+;. The summed E-state index contributed by atoms with van der Waals surface area (Å²) in [7, 11) is 0. The Morgan fingerprint density at radius 3 is 2.30 bits per heavy atom. The van der Waals surface area contributed by atoms with Crippen molar-refractivity contribution in [2.24, 2.45) is 10.2 Å². The van der Waals surface area contributed by atoms with Crippen molar-refractivity contribution in [2.45, 2.75) is 57.9 Å². The molecule has 2 aliphatic heterocycles. The minimum Gasteiger partial charge on any atom is -0.494 e. The van der Waals surface area contributed by atoms with Crippen LogP contribution < -0.4 is 10.4 Å². The molecule has 10 heteroatoms. The van der Waals surface area contributed by atoms with Gasteiger partial charge >= 0.3 is 12.1 Å². The van der Waals surface area contributed by atoms with E-state index in [0.29, 0.717) is 12.1 Å². The average molecular weight is 629 g/mol. The first kappa shape index (κ1) is 32.4. The van der Waals surface area contributed by atoms with E-state index in [1.54, 1.807) is 0 Å². The van der Waals surface area contributed by atoms with E-state index in [-0.39, 0.29) is 5.88 Å². The summed E-state index contributed by atoms with van der Waals surface area (Å²) >= 11 is 0. The lowest BCUT2D eigenvalue weighted by molar-refractivity contribution is -0.192. The smallest absolute Gasteiger partial charge is 0.490 e. The molecule has 6 rings (SSSR count). The van der Waals surface area contributed by atoms with Gasteiger partial charge in [0.1, 0.15) is 0 Å². The highest BCUT2D eigenvalue weighted by molar-refractivity contribution is 5.78. The predicted molar refractivity (Wildman–Crippen MR) is 173 cm³/mol. The van der Waals surface area contributed by atoms with Gasteiger partial charge in [0.25, 0.3) is 0 Å². The van der Waals surface area contributed by atoms with Crippen molar-refractivity contribution < 1.29 is 28.2 Å². The first-order valence-corrected chi connectivity index (χ1v) is 15.1. The molecule has 0 saturated carbocycles. The first-order chi connectivity index (χ1) is 22.0. The van der Waals surface area contributed by atoms with E-state index >= 15 is 0 Å². The summed E-state index contributed by atoms with van der Waals surface area (Å²) in [5, 5.41) is 28.4. The number of carbonyl (C=O) groups is 1. The fourth-order valence-corrected chi connectivity index (χ4v) is 5.72. The third-order valence-corrected chi connectivity index (χ3v) is 8.25. The Morgan fingerprint density at radius 1 is 0.978 bits per heavy atom. The Kier molecular flexibility index (Phi) is 9.87. The molecule has 3 heterocycles. The van der Waals surface area contributed by atoms with Crippen molar-refractivity contribution >= 4 is 29.5 Å². The molecule has 238 valence electrons. The number of nitrogens with zero attached hydrogens (tertiary/aromatic N) is 3. The summed E-state index contributed by atoms with van der Waals surface area (Å²) in [5.41, 5.74) is 6.95. The van der Waals surface area contributed by atoms with Crippen LogP contribution in [0.5, 0.6) is 5.88 Å². The van der Waals surface area contributed by atoms with Crippen molar-refractivity contribution in [3.05, 3.63) is 112 Å². The molecule has 3 N–H and O–H groups in total. The van der Waals surface area contributed by atoms with Crippen LogP contribution >= 0.6 is 0 Å². The Morgan fingerprint density at radius 2 is 1.65 bits per heavy atom. The summed E-state index contributed by atoms with van der Waals surface area (Å²) in [6.07, 6.45) is 6.79. The topological polar surface area (TPSA) is 101 Å². The Bertz CT molecular complexity index is 1850. The number of halogens is 3. The molecule has 2 aliphatic rings. The lowest BCUT2D eigenvalue weighted by Gasteiger charge is -2.39. The van der Waals surface area contributed by atoms with E-state index in [2.05, 4.69) is 70.4 Å². The third-order valence-electron chi connectivity index (χ3n) is 8.25. The normalized spacial score (nSPS) is 18.5. The number of hydrogen-bond acceptors (Lipinski definition) is 5. The van der Waals surface area contributed by atoms with Gasteiger partial charge in [-0.1, -0.05) is 73.2 Å². The van der Waals surface area contributed by atoms with E-state index in [9.17, 15) is 18.3 Å². The number of azo groups is 1. The zero-order valence-electron chi connectivity index (χ0n) is 25.5. The van der Waals surface area contributed by atoms with Crippen molar-refractivity contribution in [3.63, 3.8) is 0 Å². The molecule has 0 aliphatic carbocycles. The zero-order chi connectivity index (χ0) is 32.8. The molecule has 7 nitrogen and oxygen atoms in total. The van der Waals surface area contributed by atoms with Crippen LogP contribution in [0, 0.1) is 0 Å². The summed E-state index contributed by atoms with van der Waals surface area (Å²) in [6.45, 7) is 5.72. The number of aromatic hydroxyl groups is 1. The van der Waals surface area contributed by atoms with Crippen molar-refractivity contribution in [1.82, 2.24) is 9.88 Å². The summed E-state index contributed by atoms with van der Waals surface area (Å²) in [4.78, 5) is 14.5. The summed E-state index contributed by atoms with van der Waals surface area (Å²) in [6, 6.07) is 26.3. The van der Waals surface area contributed by atoms with Gasteiger partial charge in [-0.05, 0) is 72.9 Å². The molecule has 1 saturated heterocycles. The van der Waals surface area contributed by atoms with Gasteiger partial charge in [0.05, 0.1) is 11.4 Å². The van der Waals surface area contributed by atoms with Crippen molar-refractivity contribution in [1.29, 1.82) is 0 Å². The number of likely N-dealkylation sites (tertiary alicyclic amines) is 1. The molecule has 3 aromatic carbocycles. The lowest BCUT2D eigenvalue weighted by Crippen LogP contribution is -2.42. The van der Waals surface area contributed by atoms with Crippen LogP contribution in [-0.4, -0.2) is 44.3 Å². The van der Waals surface area contributed by atoms with Crippen LogP contribution in [0.1, 0.15) is 49.8 Å². The highest BCUT2D eigenvalue weighted by atomic mass is 19.4. The Hall–Kier alpha value is -4.96. The highest BCUT2D eigenvalue weighted by Gasteiger charge is 2.38. The van der Waals surface area contributed by atoms with Gasteiger partial charge in [-0.3, -0.25) is 4.90 Å². The maximum absolute atomic E-state index is 10.6. The fourth-order valence-electron chi connectivity index (χ4n) is 5.72. The number of aliphatic carboxylic acids is 1. The van der Waals surface area contributed by atoms with Gasteiger partial charge in [-0.2, -0.15) is 13.2 Å². The highest BCUT2D eigenvalue weighted by Crippen LogP contribution is 2.30. The van der Waals surface area contributed by atoms with E-state index in [4.69, 9.17) is 9.90 Å². The Labute approximate surface area is 264 Å². The van der Waals surface area contributed by atoms with Gasteiger partial charge in [-0.15, -0.1) is 10.2 Å². The van der Waals surface area contributed by atoms with Gasteiger partial charge in [0, 0.05) is 41.2 Å². The number of hydrogen-bond donors (Lipinski definition) is 3. The Balaban J connectivity index is 0.000000537. The number of aromatic nitrogens is 1. The molecule has 1 fully saturated rings. The molecule has 46 heavy (non-hydrogen) atoms. The number of carboxylic acid groups (broad SMARTS) is 1. The average Bonchev–Trinajstić information content (AvgIpc) is 3.61. The largest absolute Gasteiger partial charge is 0.494 e. The molecule has 0 radical (unpaired) electrons. The molecular weight excluding hydrogens is 593 g/mol. The number of piperidine rings is 1. The second-order valence-corrected chi connectivity index (χ2v) is 11.5. The molecule has 2 atom stereocenters. The molecule has 0 spiro atoms. The van der Waals surface area contributed by atoms with Gasteiger partial charge in [0.15, 0.2) is 5.88 Å². The minimum absolute atomic E-state index is 0.150. The van der Waals surface area contributed by atoms with Crippen LogP contribution in [0.2, 0.25) is 0 Å². The zero-order valence-corrected chi connectivity index (χ0v) is 25.5. The van der Waals surface area contributed by atoms with Gasteiger partial charge in [-0.25, -0.2) is 4.79 Å². The summed E-state index contributed by atoms with van der Waals surface area (Å²) in [5.74, 6) is -2.61. The number of fused-ring (bicyclic) bond motifs is 1. The van der Waals surface area contributed by atoms with E-state index in [0.717, 1.165) is 50.6 Å². The van der Waals surface area contributed by atoms with Gasteiger partial charge in [0.2, 0.25) is 0 Å². The lowest BCUT2D eigenvalue weighted by atomic mass is 9.96. The second kappa shape index (κ2) is 14.0. The monoisotopic (exact) mass is 628 g/mol. The number of alkyl halides is 3. The van der Waals surface area contributed by atoms with E-state index < -0.39 is 12.1 Å². The van der Waals surface area contributed by atoms with Crippen LogP contribution in [0.4, 0.5) is 18.9 Å². The van der Waals surface area contributed by atoms with Crippen LogP contribution in [0.15, 0.2) is 95.3 Å². The molecular formula is C36H35F3N4O3. The van der Waals surface area contributed by atoms with Gasteiger partial charge < -0.3 is 15.2 Å². The number of rotatable bonds is 6. The number of H-pyrrole nitrogens is 1. The molecule has 0 amide bonds. The predicted octanol–water partition coefficient (Wildman–Crippen LogP) is 7.53. The number of carboxylic acids is 1. The summed E-state index contributed by atoms with van der Waals surface area (Å²) < 4.78 is 31.7. The minimum atomic E-state index is -5.08. The quantitative estimate of drug-likeness (QED) is 0.206. The van der Waals surface area contributed by atoms with Crippen LogP contribution in [0.3, 0.4) is 0 Å². The molecule has 0 bridgehead atoms.